The van der Waals surface area contributed by atoms with E-state index in [1.807, 2.05) is 24.3 Å². The predicted octanol–water partition coefficient (Wildman–Crippen LogP) is 2.85. The van der Waals surface area contributed by atoms with Gasteiger partial charge in [0.1, 0.15) is 5.75 Å². The van der Waals surface area contributed by atoms with Crippen molar-refractivity contribution in [2.75, 3.05) is 20.3 Å². The van der Waals surface area contributed by atoms with Crippen LogP contribution in [0.3, 0.4) is 0 Å². The van der Waals surface area contributed by atoms with Crippen molar-refractivity contribution in [2.45, 2.75) is 38.3 Å². The first-order valence-electron chi connectivity index (χ1n) is 8.42. The van der Waals surface area contributed by atoms with Crippen molar-refractivity contribution in [2.24, 2.45) is 0 Å². The largest absolute Gasteiger partial charge is 0.497 e. The van der Waals surface area contributed by atoms with Gasteiger partial charge in [-0.25, -0.2) is 0 Å². The summed E-state index contributed by atoms with van der Waals surface area (Å²) in [5.41, 5.74) is 1.90. The van der Waals surface area contributed by atoms with Crippen molar-refractivity contribution in [1.29, 1.82) is 0 Å². The molecule has 1 saturated heterocycles. The molecule has 2 aromatic rings. The Morgan fingerprint density at radius 3 is 2.83 bits per heavy atom. The van der Waals surface area contributed by atoms with Gasteiger partial charge >= 0.3 is 4.87 Å². The molecule has 1 unspecified atom stereocenters. The molecule has 0 radical (unpaired) electrons. The van der Waals surface area contributed by atoms with Gasteiger partial charge < -0.3 is 14.8 Å². The minimum absolute atomic E-state index is 0.0217. The highest BCUT2D eigenvalue weighted by atomic mass is 32.1. The molecule has 1 aliphatic heterocycles. The van der Waals surface area contributed by atoms with E-state index in [0.717, 1.165) is 47.8 Å². The number of ether oxygens (including phenoxy) is 1. The first kappa shape index (κ1) is 17.2. The van der Waals surface area contributed by atoms with Crippen LogP contribution in [-0.4, -0.2) is 41.3 Å². The van der Waals surface area contributed by atoms with E-state index in [4.69, 9.17) is 4.74 Å². The lowest BCUT2D eigenvalue weighted by atomic mass is 9.99. The number of aromatic amines is 1. The highest BCUT2D eigenvalue weighted by Crippen LogP contribution is 2.29. The molecule has 6 heteroatoms. The van der Waals surface area contributed by atoms with Crippen molar-refractivity contribution in [1.82, 2.24) is 9.88 Å². The van der Waals surface area contributed by atoms with Gasteiger partial charge in [-0.1, -0.05) is 17.8 Å². The summed E-state index contributed by atoms with van der Waals surface area (Å²) in [5.74, 6) is 0.803. The number of thiazole rings is 1. The molecule has 0 aliphatic carbocycles. The zero-order chi connectivity index (χ0) is 16.9. The summed E-state index contributed by atoms with van der Waals surface area (Å²) in [5, 5.41) is 9.30. The number of aromatic nitrogens is 1. The maximum absolute atomic E-state index is 11.9. The summed E-state index contributed by atoms with van der Waals surface area (Å²) >= 11 is 1.29. The quantitative estimate of drug-likeness (QED) is 0.842. The standard InChI is InChI=1S/C18H24N2O3S/c1-23-15-7-5-13(6-8-15)17-16(24-18(22)19-17)12-20-10-3-2-4-14(20)9-11-21/h5-8,14,21H,2-4,9-12H2,1H3,(H,19,22). The SMILES string of the molecule is COc1ccc(-c2[nH]c(=O)sc2CN2CCCCC2CCO)cc1. The molecule has 0 spiro atoms. The van der Waals surface area contributed by atoms with Crippen LogP contribution in [0.2, 0.25) is 0 Å². The summed E-state index contributed by atoms with van der Waals surface area (Å²) in [7, 11) is 1.64. The molecule has 5 nitrogen and oxygen atoms in total. The maximum Gasteiger partial charge on any atom is 0.305 e. The summed E-state index contributed by atoms with van der Waals surface area (Å²) in [4.78, 5) is 18.4. The van der Waals surface area contributed by atoms with Gasteiger partial charge in [0.15, 0.2) is 0 Å². The van der Waals surface area contributed by atoms with E-state index in [-0.39, 0.29) is 11.5 Å². The zero-order valence-corrected chi connectivity index (χ0v) is 14.8. The van der Waals surface area contributed by atoms with Crippen LogP contribution >= 0.6 is 11.3 Å². The van der Waals surface area contributed by atoms with Crippen molar-refractivity contribution in [3.8, 4) is 17.0 Å². The molecule has 3 rings (SSSR count). The Hall–Kier alpha value is -1.63. The average Bonchev–Trinajstić information content (AvgIpc) is 2.97. The number of aliphatic hydroxyl groups is 1. The van der Waals surface area contributed by atoms with Gasteiger partial charge in [-0.05, 0) is 55.6 Å². The number of nitrogens with one attached hydrogen (secondary N) is 1. The molecule has 0 bridgehead atoms. The molecule has 1 aromatic heterocycles. The van der Waals surface area contributed by atoms with E-state index in [0.29, 0.717) is 6.04 Å². The van der Waals surface area contributed by atoms with Gasteiger partial charge in [-0.2, -0.15) is 0 Å². The molecule has 1 aliphatic rings. The number of methoxy groups -OCH3 is 1. The molecule has 130 valence electrons. The lowest BCUT2D eigenvalue weighted by Crippen LogP contribution is -2.39. The van der Waals surface area contributed by atoms with Crippen LogP contribution in [0.5, 0.6) is 5.75 Å². The van der Waals surface area contributed by atoms with E-state index >= 15 is 0 Å². The van der Waals surface area contributed by atoms with Gasteiger partial charge in [0.2, 0.25) is 0 Å². The van der Waals surface area contributed by atoms with Crippen molar-refractivity contribution in [3.05, 3.63) is 38.8 Å². The number of likely N-dealkylation sites (tertiary alicyclic amines) is 1. The molecule has 1 atom stereocenters. The Balaban J connectivity index is 1.84. The third-order valence-corrected chi connectivity index (χ3v) is 5.53. The smallest absolute Gasteiger partial charge is 0.305 e. The lowest BCUT2D eigenvalue weighted by Gasteiger charge is -2.35. The molecule has 2 N–H and O–H groups in total. The van der Waals surface area contributed by atoms with Crippen molar-refractivity contribution in [3.63, 3.8) is 0 Å². The molecule has 24 heavy (non-hydrogen) atoms. The van der Waals surface area contributed by atoms with Gasteiger partial charge in [-0.3, -0.25) is 9.69 Å². The molecular formula is C18H24N2O3S. The van der Waals surface area contributed by atoms with Crippen LogP contribution in [-0.2, 0) is 6.54 Å². The monoisotopic (exact) mass is 348 g/mol. The Morgan fingerprint density at radius 1 is 1.33 bits per heavy atom. The third kappa shape index (κ3) is 3.88. The number of piperidine rings is 1. The highest BCUT2D eigenvalue weighted by Gasteiger charge is 2.24. The van der Waals surface area contributed by atoms with E-state index in [2.05, 4.69) is 9.88 Å². The fraction of sp³-hybridized carbons (Fsp3) is 0.500. The van der Waals surface area contributed by atoms with Crippen molar-refractivity contribution < 1.29 is 9.84 Å². The fourth-order valence-corrected chi connectivity index (χ4v) is 4.27. The highest BCUT2D eigenvalue weighted by molar-refractivity contribution is 7.09. The van der Waals surface area contributed by atoms with Crippen LogP contribution < -0.4 is 9.61 Å². The number of hydrogen-bond acceptors (Lipinski definition) is 5. The molecule has 1 fully saturated rings. The number of benzene rings is 1. The number of aliphatic hydroxyl groups excluding tert-OH is 1. The first-order chi connectivity index (χ1) is 11.7. The summed E-state index contributed by atoms with van der Waals surface area (Å²) in [6.07, 6.45) is 4.32. The van der Waals surface area contributed by atoms with Crippen LogP contribution in [0.1, 0.15) is 30.6 Å². The third-order valence-electron chi connectivity index (χ3n) is 4.66. The molecule has 0 amide bonds. The maximum atomic E-state index is 11.9. The zero-order valence-electron chi connectivity index (χ0n) is 14.0. The summed E-state index contributed by atoms with van der Waals surface area (Å²) < 4.78 is 5.20. The normalized spacial score (nSPS) is 18.7. The number of hydrogen-bond donors (Lipinski definition) is 2. The van der Waals surface area contributed by atoms with Gasteiger partial charge in [0, 0.05) is 24.1 Å². The summed E-state index contributed by atoms with van der Waals surface area (Å²) in [6, 6.07) is 8.17. The predicted molar refractivity (Wildman–Crippen MR) is 96.7 cm³/mol. The molecule has 0 saturated carbocycles. The molecular weight excluding hydrogens is 324 g/mol. The first-order valence-corrected chi connectivity index (χ1v) is 9.24. The fourth-order valence-electron chi connectivity index (χ4n) is 3.39. The minimum atomic E-state index is -0.0217. The van der Waals surface area contributed by atoms with Crippen LogP contribution in [0.15, 0.2) is 29.1 Å². The second kappa shape index (κ2) is 7.96. The van der Waals surface area contributed by atoms with E-state index in [9.17, 15) is 9.90 Å². The second-order valence-electron chi connectivity index (χ2n) is 6.17. The van der Waals surface area contributed by atoms with Crippen molar-refractivity contribution >= 4 is 11.3 Å². The second-order valence-corrected chi connectivity index (χ2v) is 7.24. The van der Waals surface area contributed by atoms with Gasteiger partial charge in [-0.15, -0.1) is 0 Å². The Morgan fingerprint density at radius 2 is 2.12 bits per heavy atom. The summed E-state index contributed by atoms with van der Waals surface area (Å²) in [6.45, 7) is 2.00. The Labute approximate surface area is 145 Å². The molecule has 2 heterocycles. The van der Waals surface area contributed by atoms with Gasteiger partial charge in [0.25, 0.3) is 0 Å². The van der Waals surface area contributed by atoms with Gasteiger partial charge in [0.05, 0.1) is 12.8 Å². The van der Waals surface area contributed by atoms with E-state index < -0.39 is 0 Å². The molecule has 1 aromatic carbocycles. The van der Waals surface area contributed by atoms with Crippen LogP contribution in [0.4, 0.5) is 0 Å². The number of rotatable bonds is 6. The van der Waals surface area contributed by atoms with E-state index in [1.54, 1.807) is 7.11 Å². The van der Waals surface area contributed by atoms with E-state index in [1.165, 1.54) is 24.2 Å². The Kier molecular flexibility index (Phi) is 5.71. The van der Waals surface area contributed by atoms with Crippen LogP contribution in [0.25, 0.3) is 11.3 Å². The minimum Gasteiger partial charge on any atom is -0.497 e. The Bertz CT molecular complexity index is 706. The average molecular weight is 348 g/mol. The topological polar surface area (TPSA) is 65.6 Å². The number of nitrogens with zero attached hydrogens (tertiary/aromatic N) is 1. The lowest BCUT2D eigenvalue weighted by molar-refractivity contribution is 0.113. The number of H-pyrrole nitrogens is 1. The van der Waals surface area contributed by atoms with Crippen LogP contribution in [0, 0.1) is 0 Å².